The maximum Gasteiger partial charge on any atom is 0.224 e. The van der Waals surface area contributed by atoms with Crippen LogP contribution in [0.15, 0.2) is 0 Å². The SMILES string of the molecule is CCCCCCCC(=O)NC[N+](C)(C)C. The Morgan fingerprint density at radius 1 is 1.07 bits per heavy atom. The number of amides is 1. The second-order valence-corrected chi connectivity index (χ2v) is 5.21. The molecule has 0 saturated heterocycles. The lowest BCUT2D eigenvalue weighted by molar-refractivity contribution is -0.872. The topological polar surface area (TPSA) is 29.1 Å². The number of hydrogen-bond acceptors (Lipinski definition) is 1. The van der Waals surface area contributed by atoms with Crippen molar-refractivity contribution in [1.82, 2.24) is 5.32 Å². The van der Waals surface area contributed by atoms with Gasteiger partial charge in [0.05, 0.1) is 21.1 Å². The number of carbonyl (C=O) groups excluding carboxylic acids is 1. The lowest BCUT2D eigenvalue weighted by Crippen LogP contribution is -2.45. The van der Waals surface area contributed by atoms with Gasteiger partial charge in [-0.3, -0.25) is 4.79 Å². The van der Waals surface area contributed by atoms with Crippen molar-refractivity contribution in [1.29, 1.82) is 0 Å². The molecule has 0 aliphatic carbocycles. The molecule has 0 aliphatic heterocycles. The third-order valence-corrected chi connectivity index (χ3v) is 2.26. The van der Waals surface area contributed by atoms with Gasteiger partial charge in [0.25, 0.3) is 0 Å². The second-order valence-electron chi connectivity index (χ2n) is 5.21. The van der Waals surface area contributed by atoms with Gasteiger partial charge in [0.1, 0.15) is 0 Å². The number of rotatable bonds is 8. The van der Waals surface area contributed by atoms with Crippen molar-refractivity contribution in [2.45, 2.75) is 45.4 Å². The van der Waals surface area contributed by atoms with Gasteiger partial charge in [-0.1, -0.05) is 32.6 Å². The molecule has 1 N–H and O–H groups in total. The molecular weight excluding hydrogens is 188 g/mol. The van der Waals surface area contributed by atoms with Crippen molar-refractivity contribution in [3.8, 4) is 0 Å². The van der Waals surface area contributed by atoms with E-state index in [0.717, 1.165) is 10.9 Å². The van der Waals surface area contributed by atoms with Crippen LogP contribution in [0.5, 0.6) is 0 Å². The van der Waals surface area contributed by atoms with Crippen LogP contribution in [0, 0.1) is 0 Å². The molecule has 0 aliphatic rings. The number of nitrogens with zero attached hydrogens (tertiary/aromatic N) is 1. The zero-order valence-electron chi connectivity index (χ0n) is 10.8. The van der Waals surface area contributed by atoms with Crippen molar-refractivity contribution >= 4 is 5.91 Å². The first-order chi connectivity index (χ1) is 6.95. The van der Waals surface area contributed by atoms with E-state index in [2.05, 4.69) is 33.4 Å². The summed E-state index contributed by atoms with van der Waals surface area (Å²) in [7, 11) is 6.21. The Kier molecular flexibility index (Phi) is 7.39. The molecule has 0 saturated carbocycles. The highest BCUT2D eigenvalue weighted by molar-refractivity contribution is 5.75. The van der Waals surface area contributed by atoms with Gasteiger partial charge in [0.15, 0.2) is 6.67 Å². The monoisotopic (exact) mass is 215 g/mol. The van der Waals surface area contributed by atoms with Crippen LogP contribution >= 0.6 is 0 Å². The van der Waals surface area contributed by atoms with E-state index in [1.165, 1.54) is 25.7 Å². The molecule has 0 aromatic rings. The molecule has 0 rings (SSSR count). The average molecular weight is 215 g/mol. The van der Waals surface area contributed by atoms with Crippen molar-refractivity contribution < 1.29 is 9.28 Å². The summed E-state index contributed by atoms with van der Waals surface area (Å²) in [5, 5.41) is 2.95. The van der Waals surface area contributed by atoms with E-state index in [1.54, 1.807) is 0 Å². The van der Waals surface area contributed by atoms with Crippen LogP contribution in [0.3, 0.4) is 0 Å². The molecule has 0 fully saturated rings. The van der Waals surface area contributed by atoms with Crippen molar-refractivity contribution in [3.05, 3.63) is 0 Å². The minimum Gasteiger partial charge on any atom is -0.314 e. The van der Waals surface area contributed by atoms with Gasteiger partial charge in [-0.2, -0.15) is 0 Å². The fraction of sp³-hybridized carbons (Fsp3) is 0.917. The Balaban J connectivity index is 3.34. The summed E-state index contributed by atoms with van der Waals surface area (Å²) in [4.78, 5) is 11.4. The summed E-state index contributed by atoms with van der Waals surface area (Å²) in [6.07, 6.45) is 6.71. The maximum atomic E-state index is 11.4. The molecule has 15 heavy (non-hydrogen) atoms. The number of quaternary nitrogens is 1. The summed E-state index contributed by atoms with van der Waals surface area (Å²) >= 11 is 0. The van der Waals surface area contributed by atoms with Crippen LogP contribution in [-0.4, -0.2) is 38.2 Å². The minimum atomic E-state index is 0.194. The lowest BCUT2D eigenvalue weighted by Gasteiger charge is -2.23. The summed E-state index contributed by atoms with van der Waals surface area (Å²) in [5.41, 5.74) is 0. The third-order valence-electron chi connectivity index (χ3n) is 2.26. The van der Waals surface area contributed by atoms with E-state index in [-0.39, 0.29) is 5.91 Å². The van der Waals surface area contributed by atoms with E-state index < -0.39 is 0 Å². The highest BCUT2D eigenvalue weighted by atomic mass is 16.1. The van der Waals surface area contributed by atoms with Gasteiger partial charge in [0, 0.05) is 6.42 Å². The minimum absolute atomic E-state index is 0.194. The van der Waals surface area contributed by atoms with Gasteiger partial charge in [-0.15, -0.1) is 0 Å². The largest absolute Gasteiger partial charge is 0.314 e. The second kappa shape index (κ2) is 7.69. The molecule has 90 valence electrons. The molecule has 1 amide bonds. The van der Waals surface area contributed by atoms with Crippen molar-refractivity contribution in [2.24, 2.45) is 0 Å². The Hall–Kier alpha value is -0.570. The van der Waals surface area contributed by atoms with E-state index in [1.807, 2.05) is 0 Å². The smallest absolute Gasteiger partial charge is 0.224 e. The van der Waals surface area contributed by atoms with Crippen LogP contribution in [0.25, 0.3) is 0 Å². The van der Waals surface area contributed by atoms with E-state index in [9.17, 15) is 4.79 Å². The fourth-order valence-corrected chi connectivity index (χ4v) is 1.30. The highest BCUT2D eigenvalue weighted by Gasteiger charge is 2.08. The highest BCUT2D eigenvalue weighted by Crippen LogP contribution is 2.04. The van der Waals surface area contributed by atoms with Crippen LogP contribution in [0.4, 0.5) is 0 Å². The summed E-state index contributed by atoms with van der Waals surface area (Å²) in [6, 6.07) is 0. The molecule has 0 atom stereocenters. The Bertz CT molecular complexity index is 173. The standard InChI is InChI=1S/C12H26N2O/c1-5-6-7-8-9-10-12(15)13-11-14(2,3)4/h5-11H2,1-4H3/p+1. The molecule has 0 aromatic carbocycles. The van der Waals surface area contributed by atoms with Gasteiger partial charge in [-0.05, 0) is 6.42 Å². The maximum absolute atomic E-state index is 11.4. The number of hydrogen-bond donors (Lipinski definition) is 1. The molecule has 3 nitrogen and oxygen atoms in total. The van der Waals surface area contributed by atoms with Crippen LogP contribution in [0.2, 0.25) is 0 Å². The van der Waals surface area contributed by atoms with Crippen LogP contribution in [-0.2, 0) is 4.79 Å². The molecule has 0 heterocycles. The van der Waals surface area contributed by atoms with Crippen molar-refractivity contribution in [2.75, 3.05) is 27.8 Å². The Morgan fingerprint density at radius 3 is 2.20 bits per heavy atom. The Labute approximate surface area is 94.4 Å². The zero-order chi connectivity index (χ0) is 11.7. The number of nitrogens with one attached hydrogen (secondary N) is 1. The predicted molar refractivity (Wildman–Crippen MR) is 64.4 cm³/mol. The average Bonchev–Trinajstić information content (AvgIpc) is 2.13. The molecule has 0 spiro atoms. The van der Waals surface area contributed by atoms with Gasteiger partial charge >= 0.3 is 0 Å². The van der Waals surface area contributed by atoms with Gasteiger partial charge < -0.3 is 9.80 Å². The summed E-state index contributed by atoms with van der Waals surface area (Å²) < 4.78 is 0.779. The normalized spacial score (nSPS) is 11.5. The zero-order valence-corrected chi connectivity index (χ0v) is 10.8. The number of carbonyl (C=O) groups is 1. The molecular formula is C12H27N2O+. The van der Waals surface area contributed by atoms with E-state index >= 15 is 0 Å². The molecule has 3 heteroatoms. The lowest BCUT2D eigenvalue weighted by atomic mass is 10.1. The summed E-state index contributed by atoms with van der Waals surface area (Å²) in [6.45, 7) is 2.92. The first kappa shape index (κ1) is 14.4. The molecule has 0 unspecified atom stereocenters. The predicted octanol–water partition coefficient (Wildman–Crippen LogP) is 2.13. The van der Waals surface area contributed by atoms with Crippen LogP contribution < -0.4 is 5.32 Å². The van der Waals surface area contributed by atoms with Gasteiger partial charge in [0.2, 0.25) is 5.91 Å². The molecule has 0 bridgehead atoms. The van der Waals surface area contributed by atoms with E-state index in [0.29, 0.717) is 13.1 Å². The number of unbranched alkanes of at least 4 members (excludes halogenated alkanes) is 4. The van der Waals surface area contributed by atoms with Gasteiger partial charge in [-0.25, -0.2) is 0 Å². The van der Waals surface area contributed by atoms with Crippen molar-refractivity contribution in [3.63, 3.8) is 0 Å². The fourth-order valence-electron chi connectivity index (χ4n) is 1.30. The molecule has 0 radical (unpaired) electrons. The molecule has 0 aromatic heterocycles. The van der Waals surface area contributed by atoms with Crippen LogP contribution in [0.1, 0.15) is 45.4 Å². The quantitative estimate of drug-likeness (QED) is 0.375. The Morgan fingerprint density at radius 2 is 1.67 bits per heavy atom. The van der Waals surface area contributed by atoms with E-state index in [4.69, 9.17) is 0 Å². The first-order valence-electron chi connectivity index (χ1n) is 6.03. The third kappa shape index (κ3) is 11.4. The first-order valence-corrected chi connectivity index (χ1v) is 6.03. The summed E-state index contributed by atoms with van der Waals surface area (Å²) in [5.74, 6) is 0.194.